The summed E-state index contributed by atoms with van der Waals surface area (Å²) in [6.45, 7) is 1.73. The lowest BCUT2D eigenvalue weighted by atomic mass is 10.2. The minimum absolute atomic E-state index is 0.0481. The van der Waals surface area contributed by atoms with Crippen molar-refractivity contribution in [3.05, 3.63) is 66.1 Å². The molecule has 30 heavy (non-hydrogen) atoms. The lowest BCUT2D eigenvalue weighted by molar-refractivity contribution is -0.140. The molecule has 6 nitrogen and oxygen atoms in total. The number of amides is 2. The van der Waals surface area contributed by atoms with Crippen LogP contribution < -0.4 is 0 Å². The maximum absolute atomic E-state index is 13.2. The summed E-state index contributed by atoms with van der Waals surface area (Å²) in [6, 6.07) is 13.5. The highest BCUT2D eigenvalue weighted by molar-refractivity contribution is 5.94. The summed E-state index contributed by atoms with van der Waals surface area (Å²) in [7, 11) is 0. The molecule has 2 aliphatic rings. The minimum Gasteiger partial charge on any atom is -0.467 e. The first kappa shape index (κ1) is 20.4. The Morgan fingerprint density at radius 1 is 1.07 bits per heavy atom. The molecule has 0 bridgehead atoms. The SMILES string of the molecule is O=C(CN(C(=O)C=Cc1ccccc1)C1CC1)N(Cc1ccco1)CC1CCCO1. The third-order valence-corrected chi connectivity index (χ3v) is 5.52. The van der Waals surface area contributed by atoms with Crippen molar-refractivity contribution in [2.45, 2.75) is 44.4 Å². The van der Waals surface area contributed by atoms with Crippen molar-refractivity contribution in [1.29, 1.82) is 0 Å². The van der Waals surface area contributed by atoms with E-state index in [9.17, 15) is 9.59 Å². The van der Waals surface area contributed by atoms with Crippen LogP contribution in [0.1, 0.15) is 37.0 Å². The second kappa shape index (κ2) is 9.76. The van der Waals surface area contributed by atoms with Crippen LogP contribution in [-0.4, -0.2) is 53.5 Å². The van der Waals surface area contributed by atoms with Crippen LogP contribution in [0.4, 0.5) is 0 Å². The van der Waals surface area contributed by atoms with Gasteiger partial charge >= 0.3 is 0 Å². The van der Waals surface area contributed by atoms with Crippen LogP contribution in [0.25, 0.3) is 6.08 Å². The molecule has 1 unspecified atom stereocenters. The fraction of sp³-hybridized carbons (Fsp3) is 0.417. The van der Waals surface area contributed by atoms with Gasteiger partial charge in [-0.15, -0.1) is 0 Å². The largest absolute Gasteiger partial charge is 0.467 e. The first-order chi connectivity index (χ1) is 14.7. The van der Waals surface area contributed by atoms with E-state index in [1.54, 1.807) is 28.2 Å². The minimum atomic E-state index is -0.121. The highest BCUT2D eigenvalue weighted by Crippen LogP contribution is 2.27. The van der Waals surface area contributed by atoms with E-state index in [0.717, 1.165) is 43.6 Å². The van der Waals surface area contributed by atoms with Crippen molar-refractivity contribution in [2.24, 2.45) is 0 Å². The fourth-order valence-corrected chi connectivity index (χ4v) is 3.73. The second-order valence-corrected chi connectivity index (χ2v) is 7.93. The molecule has 1 atom stereocenters. The summed E-state index contributed by atoms with van der Waals surface area (Å²) in [5, 5.41) is 0. The maximum Gasteiger partial charge on any atom is 0.247 e. The van der Waals surface area contributed by atoms with Gasteiger partial charge in [0, 0.05) is 25.3 Å². The van der Waals surface area contributed by atoms with Crippen LogP contribution >= 0.6 is 0 Å². The van der Waals surface area contributed by atoms with Gasteiger partial charge in [-0.05, 0) is 49.5 Å². The smallest absolute Gasteiger partial charge is 0.247 e. The molecule has 1 aromatic heterocycles. The summed E-state index contributed by atoms with van der Waals surface area (Å²) in [6.07, 6.45) is 8.89. The molecule has 4 rings (SSSR count). The zero-order valence-corrected chi connectivity index (χ0v) is 17.1. The van der Waals surface area contributed by atoms with Crippen LogP contribution in [0.3, 0.4) is 0 Å². The number of ether oxygens (including phenoxy) is 1. The molecule has 1 aromatic carbocycles. The van der Waals surface area contributed by atoms with Crippen molar-refractivity contribution in [2.75, 3.05) is 19.7 Å². The zero-order valence-electron chi connectivity index (χ0n) is 17.1. The van der Waals surface area contributed by atoms with E-state index in [4.69, 9.17) is 9.15 Å². The molecule has 0 spiro atoms. The first-order valence-electron chi connectivity index (χ1n) is 10.6. The van der Waals surface area contributed by atoms with Gasteiger partial charge in [0.25, 0.3) is 0 Å². The van der Waals surface area contributed by atoms with Gasteiger partial charge in [-0.1, -0.05) is 30.3 Å². The molecule has 1 saturated heterocycles. The first-order valence-corrected chi connectivity index (χ1v) is 10.6. The lowest BCUT2D eigenvalue weighted by Gasteiger charge is -2.28. The number of nitrogens with zero attached hydrogens (tertiary/aromatic N) is 2. The van der Waals surface area contributed by atoms with Crippen molar-refractivity contribution >= 4 is 17.9 Å². The molecule has 2 amide bonds. The molecule has 6 heteroatoms. The molecule has 2 heterocycles. The third-order valence-electron chi connectivity index (χ3n) is 5.52. The van der Waals surface area contributed by atoms with Gasteiger partial charge in [0.2, 0.25) is 11.8 Å². The molecule has 2 aromatic rings. The van der Waals surface area contributed by atoms with Crippen LogP contribution in [0.15, 0.2) is 59.2 Å². The van der Waals surface area contributed by atoms with E-state index in [2.05, 4.69) is 0 Å². The fourth-order valence-electron chi connectivity index (χ4n) is 3.73. The van der Waals surface area contributed by atoms with Crippen LogP contribution in [0, 0.1) is 0 Å². The molecule has 0 radical (unpaired) electrons. The number of carbonyl (C=O) groups excluding carboxylic acids is 2. The van der Waals surface area contributed by atoms with E-state index in [-0.39, 0.29) is 30.5 Å². The van der Waals surface area contributed by atoms with Gasteiger partial charge < -0.3 is 19.0 Å². The molecule has 1 saturated carbocycles. The molecule has 1 aliphatic carbocycles. The van der Waals surface area contributed by atoms with Crippen LogP contribution in [-0.2, 0) is 20.9 Å². The maximum atomic E-state index is 13.2. The molecule has 158 valence electrons. The zero-order chi connectivity index (χ0) is 20.8. The number of benzene rings is 1. The van der Waals surface area contributed by atoms with E-state index in [0.29, 0.717) is 13.1 Å². The van der Waals surface area contributed by atoms with Crippen molar-refractivity contribution in [3.63, 3.8) is 0 Å². The Morgan fingerprint density at radius 3 is 2.57 bits per heavy atom. The number of carbonyl (C=O) groups is 2. The topological polar surface area (TPSA) is 63.0 Å². The Morgan fingerprint density at radius 2 is 1.90 bits per heavy atom. The quantitative estimate of drug-likeness (QED) is 0.596. The van der Waals surface area contributed by atoms with E-state index < -0.39 is 0 Å². The highest BCUT2D eigenvalue weighted by atomic mass is 16.5. The Kier molecular flexibility index (Phi) is 6.64. The second-order valence-electron chi connectivity index (χ2n) is 7.93. The molecular weight excluding hydrogens is 380 g/mol. The Bertz CT molecular complexity index is 853. The average molecular weight is 408 g/mol. The summed E-state index contributed by atoms with van der Waals surface area (Å²) in [5.41, 5.74) is 0.964. The number of hydrogen-bond donors (Lipinski definition) is 0. The number of rotatable bonds is 9. The van der Waals surface area contributed by atoms with E-state index >= 15 is 0 Å². The number of hydrogen-bond acceptors (Lipinski definition) is 4. The summed E-state index contributed by atoms with van der Waals surface area (Å²) in [4.78, 5) is 29.5. The monoisotopic (exact) mass is 408 g/mol. The van der Waals surface area contributed by atoms with Crippen molar-refractivity contribution in [3.8, 4) is 0 Å². The lowest BCUT2D eigenvalue weighted by Crippen LogP contribution is -2.45. The van der Waals surface area contributed by atoms with Crippen molar-refractivity contribution < 1.29 is 18.7 Å². The van der Waals surface area contributed by atoms with E-state index in [1.807, 2.05) is 42.5 Å². The van der Waals surface area contributed by atoms with Gasteiger partial charge in [-0.2, -0.15) is 0 Å². The van der Waals surface area contributed by atoms with Gasteiger partial charge in [0.15, 0.2) is 0 Å². The summed E-state index contributed by atoms with van der Waals surface area (Å²) < 4.78 is 11.2. The molecular formula is C24H28N2O4. The number of furan rings is 1. The summed E-state index contributed by atoms with van der Waals surface area (Å²) >= 11 is 0. The van der Waals surface area contributed by atoms with Gasteiger partial charge in [-0.3, -0.25) is 9.59 Å². The van der Waals surface area contributed by atoms with Crippen molar-refractivity contribution in [1.82, 2.24) is 9.80 Å². The van der Waals surface area contributed by atoms with Crippen LogP contribution in [0.5, 0.6) is 0 Å². The Hall–Kier alpha value is -2.86. The average Bonchev–Trinajstić information content (AvgIpc) is 3.22. The predicted molar refractivity (Wildman–Crippen MR) is 113 cm³/mol. The Labute approximate surface area is 177 Å². The Balaban J connectivity index is 1.42. The normalized spacial score (nSPS) is 18.6. The highest BCUT2D eigenvalue weighted by Gasteiger charge is 2.34. The summed E-state index contributed by atoms with van der Waals surface area (Å²) in [5.74, 6) is 0.537. The molecule has 1 aliphatic heterocycles. The molecule has 0 N–H and O–H groups in total. The predicted octanol–water partition coefficient (Wildman–Crippen LogP) is 3.49. The van der Waals surface area contributed by atoms with E-state index in [1.165, 1.54) is 0 Å². The standard InChI is InChI=1S/C24H28N2O4/c27-23(13-10-19-6-2-1-3-7-19)26(20-11-12-20)18-24(28)25(16-21-8-4-14-29-21)17-22-9-5-15-30-22/h1-4,6-8,10,13-14,20,22H,5,9,11-12,15-18H2. The third kappa shape index (κ3) is 5.60. The van der Waals surface area contributed by atoms with Gasteiger partial charge in [-0.25, -0.2) is 0 Å². The van der Waals surface area contributed by atoms with Gasteiger partial charge in [0.1, 0.15) is 12.3 Å². The molecule has 2 fully saturated rings. The van der Waals surface area contributed by atoms with Gasteiger partial charge in [0.05, 0.1) is 18.9 Å². The van der Waals surface area contributed by atoms with Crippen LogP contribution in [0.2, 0.25) is 0 Å².